The fourth-order valence-corrected chi connectivity index (χ4v) is 6.03. The number of fused-ring (bicyclic) bond motifs is 1. The molecule has 0 radical (unpaired) electrons. The molecule has 9 heteroatoms. The maximum atomic E-state index is 13.6. The summed E-state index contributed by atoms with van der Waals surface area (Å²) in [6.45, 7) is 10.2. The minimum Gasteiger partial charge on any atom is -0.372 e. The van der Waals surface area contributed by atoms with Crippen molar-refractivity contribution in [3.63, 3.8) is 0 Å². The Morgan fingerprint density at radius 1 is 1.23 bits per heavy atom. The van der Waals surface area contributed by atoms with Gasteiger partial charge in [-0.05, 0) is 44.4 Å². The van der Waals surface area contributed by atoms with Crippen molar-refractivity contribution in [1.29, 1.82) is 0 Å². The molecule has 2 aliphatic heterocycles. The molecular formula is C26H34N4O3S2. The molecule has 3 unspecified atom stereocenters. The second-order valence-electron chi connectivity index (χ2n) is 9.45. The number of unbranched alkanes of at least 4 members (excludes halogenated alkanes) is 1. The zero-order valence-corrected chi connectivity index (χ0v) is 22.5. The van der Waals surface area contributed by atoms with Crippen LogP contribution in [0.15, 0.2) is 34.1 Å². The number of carbonyl (C=O) groups excluding carboxylic acids is 1. The summed E-state index contributed by atoms with van der Waals surface area (Å²) in [4.78, 5) is 36.1. The summed E-state index contributed by atoms with van der Waals surface area (Å²) in [5.74, 6) is 0.877. The van der Waals surface area contributed by atoms with Crippen LogP contribution in [0.4, 0.5) is 5.82 Å². The number of amides is 1. The summed E-state index contributed by atoms with van der Waals surface area (Å²) in [6, 6.07) is 5.49. The number of anilines is 1. The van der Waals surface area contributed by atoms with E-state index < -0.39 is 0 Å². The van der Waals surface area contributed by atoms with Gasteiger partial charge in [0.15, 0.2) is 0 Å². The smallest absolute Gasteiger partial charge is 0.267 e. The zero-order chi connectivity index (χ0) is 25.1. The second kappa shape index (κ2) is 11.2. The Kier molecular flexibility index (Phi) is 8.29. The topological polar surface area (TPSA) is 67.2 Å². The van der Waals surface area contributed by atoms with Gasteiger partial charge in [0.1, 0.15) is 15.8 Å². The molecule has 7 nitrogen and oxygen atoms in total. The largest absolute Gasteiger partial charge is 0.372 e. The van der Waals surface area contributed by atoms with Gasteiger partial charge in [0.05, 0.1) is 22.7 Å². The van der Waals surface area contributed by atoms with Crippen LogP contribution in [0.1, 0.15) is 58.9 Å². The fraction of sp³-hybridized carbons (Fsp3) is 0.538. The van der Waals surface area contributed by atoms with Crippen LogP contribution in [0.3, 0.4) is 0 Å². The molecule has 188 valence electrons. The zero-order valence-electron chi connectivity index (χ0n) is 20.9. The van der Waals surface area contributed by atoms with Gasteiger partial charge in [-0.15, -0.1) is 0 Å². The van der Waals surface area contributed by atoms with Gasteiger partial charge in [-0.25, -0.2) is 4.98 Å². The summed E-state index contributed by atoms with van der Waals surface area (Å²) in [7, 11) is 0. The Bertz CT molecular complexity index is 1180. The molecule has 2 fully saturated rings. The number of hydrogen-bond acceptors (Lipinski definition) is 7. The Hall–Kier alpha value is -2.23. The lowest BCUT2D eigenvalue weighted by atomic mass is 9.99. The lowest BCUT2D eigenvalue weighted by molar-refractivity contribution is -0.122. The molecule has 2 aliphatic rings. The summed E-state index contributed by atoms with van der Waals surface area (Å²) < 4.78 is 7.98. The number of carbonyl (C=O) groups is 1. The summed E-state index contributed by atoms with van der Waals surface area (Å²) in [6.07, 6.45) is 7.78. The lowest BCUT2D eigenvalue weighted by Crippen LogP contribution is -2.46. The van der Waals surface area contributed by atoms with Crippen LogP contribution in [-0.2, 0) is 9.53 Å². The van der Waals surface area contributed by atoms with E-state index in [4.69, 9.17) is 21.9 Å². The van der Waals surface area contributed by atoms with Gasteiger partial charge < -0.3 is 9.64 Å². The lowest BCUT2D eigenvalue weighted by Gasteiger charge is -2.36. The third-order valence-electron chi connectivity index (χ3n) is 6.60. The molecule has 35 heavy (non-hydrogen) atoms. The highest BCUT2D eigenvalue weighted by Gasteiger charge is 2.34. The molecule has 2 aromatic rings. The monoisotopic (exact) mass is 514 g/mol. The van der Waals surface area contributed by atoms with Crippen LogP contribution in [0.5, 0.6) is 0 Å². The predicted molar refractivity (Wildman–Crippen MR) is 147 cm³/mol. The number of morpholine rings is 1. The fourth-order valence-electron chi connectivity index (χ4n) is 4.77. The molecule has 0 aromatic carbocycles. The summed E-state index contributed by atoms with van der Waals surface area (Å²) in [5.41, 5.74) is 0.788. The highest BCUT2D eigenvalue weighted by atomic mass is 32.2. The second-order valence-corrected chi connectivity index (χ2v) is 11.1. The minimum absolute atomic E-state index is 0.00920. The Morgan fingerprint density at radius 3 is 2.66 bits per heavy atom. The van der Waals surface area contributed by atoms with E-state index in [9.17, 15) is 9.59 Å². The number of rotatable bonds is 8. The van der Waals surface area contributed by atoms with Gasteiger partial charge in [-0.2, -0.15) is 0 Å². The first-order valence-electron chi connectivity index (χ1n) is 12.5. The van der Waals surface area contributed by atoms with Crippen LogP contribution in [0, 0.1) is 5.92 Å². The molecule has 3 atom stereocenters. The molecule has 2 aromatic heterocycles. The van der Waals surface area contributed by atoms with E-state index in [0.29, 0.717) is 51.8 Å². The highest BCUT2D eigenvalue weighted by molar-refractivity contribution is 8.26. The number of ether oxygens (including phenoxy) is 1. The molecule has 4 heterocycles. The Morgan fingerprint density at radius 2 is 1.97 bits per heavy atom. The van der Waals surface area contributed by atoms with Crippen molar-refractivity contribution in [2.45, 2.75) is 65.6 Å². The van der Waals surface area contributed by atoms with E-state index in [1.54, 1.807) is 23.2 Å². The molecule has 0 N–H and O–H groups in total. The van der Waals surface area contributed by atoms with Crippen molar-refractivity contribution < 1.29 is 9.53 Å². The van der Waals surface area contributed by atoms with Crippen molar-refractivity contribution in [1.82, 2.24) is 14.3 Å². The molecule has 4 rings (SSSR count). The first-order valence-corrected chi connectivity index (χ1v) is 13.7. The minimum atomic E-state index is -0.197. The average Bonchev–Trinajstić information content (AvgIpc) is 3.09. The number of hydrogen-bond donors (Lipinski definition) is 0. The molecule has 0 aliphatic carbocycles. The average molecular weight is 515 g/mol. The molecule has 0 spiro atoms. The molecule has 0 bridgehead atoms. The van der Waals surface area contributed by atoms with Crippen LogP contribution in [-0.4, -0.2) is 56.4 Å². The number of aromatic nitrogens is 2. The number of nitrogens with zero attached hydrogens (tertiary/aromatic N) is 4. The first-order chi connectivity index (χ1) is 16.8. The molecular weight excluding hydrogens is 480 g/mol. The van der Waals surface area contributed by atoms with Gasteiger partial charge >= 0.3 is 0 Å². The van der Waals surface area contributed by atoms with E-state index in [-0.39, 0.29) is 23.7 Å². The predicted octanol–water partition coefficient (Wildman–Crippen LogP) is 4.73. The van der Waals surface area contributed by atoms with Crippen LogP contribution < -0.4 is 10.5 Å². The normalized spacial score (nSPS) is 23.0. The summed E-state index contributed by atoms with van der Waals surface area (Å²) >= 11 is 6.86. The van der Waals surface area contributed by atoms with Gasteiger partial charge in [0.2, 0.25) is 0 Å². The Labute approximate surface area is 216 Å². The standard InChI is InChI=1S/C26H34N4O3S2/c1-5-7-10-19(6-2)16-30-25(32)21(35-26(30)34)13-20-23(28-14-17(3)33-18(4)15-28)27-22-11-8-9-12-29(22)24(20)31/h8-9,11-13,17-19H,5-7,10,14-16H2,1-4H3/b21-13+. The molecule has 1 amide bonds. The van der Waals surface area contributed by atoms with E-state index in [2.05, 4.69) is 18.7 Å². The van der Waals surface area contributed by atoms with Gasteiger partial charge in [-0.3, -0.25) is 18.9 Å². The van der Waals surface area contributed by atoms with Crippen molar-refractivity contribution >= 4 is 51.7 Å². The van der Waals surface area contributed by atoms with Crippen LogP contribution >= 0.6 is 24.0 Å². The van der Waals surface area contributed by atoms with Crippen LogP contribution in [0.2, 0.25) is 0 Å². The number of thioether (sulfide) groups is 1. The van der Waals surface area contributed by atoms with Crippen molar-refractivity contribution in [2.24, 2.45) is 5.92 Å². The Balaban J connectivity index is 1.73. The highest BCUT2D eigenvalue weighted by Crippen LogP contribution is 2.35. The van der Waals surface area contributed by atoms with Crippen molar-refractivity contribution in [2.75, 3.05) is 24.5 Å². The molecule has 2 saturated heterocycles. The molecule has 0 saturated carbocycles. The van der Waals surface area contributed by atoms with E-state index >= 15 is 0 Å². The first kappa shape index (κ1) is 25.9. The summed E-state index contributed by atoms with van der Waals surface area (Å²) in [5, 5.41) is 0. The number of pyridine rings is 1. The van der Waals surface area contributed by atoms with Gasteiger partial charge in [0.25, 0.3) is 11.5 Å². The van der Waals surface area contributed by atoms with Crippen molar-refractivity contribution in [3.05, 3.63) is 45.2 Å². The maximum Gasteiger partial charge on any atom is 0.267 e. The third kappa shape index (κ3) is 5.62. The van der Waals surface area contributed by atoms with Crippen molar-refractivity contribution in [3.8, 4) is 0 Å². The van der Waals surface area contributed by atoms with Gasteiger partial charge in [-0.1, -0.05) is 63.2 Å². The number of thiocarbonyl (C=S) groups is 1. The van der Waals surface area contributed by atoms with E-state index in [1.807, 2.05) is 26.0 Å². The van der Waals surface area contributed by atoms with E-state index in [0.717, 1.165) is 25.7 Å². The third-order valence-corrected chi connectivity index (χ3v) is 7.98. The quantitative estimate of drug-likeness (QED) is 0.373. The SMILES string of the molecule is CCCCC(CC)CN1C(=O)/C(=C\c2c(N3CC(C)OC(C)C3)nc3ccccn3c2=O)SC1=S. The van der Waals surface area contributed by atoms with E-state index in [1.165, 1.54) is 16.2 Å². The maximum absolute atomic E-state index is 13.6. The van der Waals surface area contributed by atoms with Gasteiger partial charge in [0, 0.05) is 25.8 Å². The van der Waals surface area contributed by atoms with Crippen LogP contribution in [0.25, 0.3) is 11.7 Å².